The number of para-hydroxylation sites is 2. The van der Waals surface area contributed by atoms with E-state index in [1.165, 1.54) is 12.1 Å². The summed E-state index contributed by atoms with van der Waals surface area (Å²) < 4.78 is 20.5. The number of methoxy groups -OCH3 is 1. The van der Waals surface area contributed by atoms with Gasteiger partial charge in [0.05, 0.1) is 23.3 Å². The molecule has 0 atom stereocenters. The molecule has 2 heterocycles. The zero-order valence-electron chi connectivity index (χ0n) is 14.8. The lowest BCUT2D eigenvalue weighted by Gasteiger charge is -2.07. The average molecular weight is 400 g/mol. The number of fused-ring (bicyclic) bond motifs is 1. The van der Waals surface area contributed by atoms with E-state index >= 15 is 0 Å². The van der Waals surface area contributed by atoms with Gasteiger partial charge in [-0.25, -0.2) is 14.4 Å². The number of rotatable bonds is 7. The van der Waals surface area contributed by atoms with Crippen LogP contribution in [-0.2, 0) is 17.0 Å². The number of benzene rings is 2. The number of halogens is 1. The van der Waals surface area contributed by atoms with Gasteiger partial charge in [0, 0.05) is 30.4 Å². The van der Waals surface area contributed by atoms with Crippen LogP contribution in [0.25, 0.3) is 21.6 Å². The van der Waals surface area contributed by atoms with Gasteiger partial charge in [-0.3, -0.25) is 0 Å². The first-order valence-electron chi connectivity index (χ1n) is 8.52. The molecule has 138 valence electrons. The Morgan fingerprint density at radius 2 is 1.93 bits per heavy atom. The molecule has 0 saturated carbocycles. The molecule has 0 aliphatic heterocycles. The van der Waals surface area contributed by atoms with E-state index in [4.69, 9.17) is 9.72 Å². The molecule has 0 aliphatic carbocycles. The summed E-state index contributed by atoms with van der Waals surface area (Å²) in [7, 11) is 1.71. The molecule has 0 N–H and O–H groups in total. The highest BCUT2D eigenvalue weighted by molar-refractivity contribution is 7.98. The predicted molar refractivity (Wildman–Crippen MR) is 109 cm³/mol. The third kappa shape index (κ3) is 4.05. The summed E-state index contributed by atoms with van der Waals surface area (Å²) in [5.41, 5.74) is 4.03. The van der Waals surface area contributed by atoms with Gasteiger partial charge >= 0.3 is 0 Å². The lowest BCUT2D eigenvalue weighted by molar-refractivity contribution is 0.186. The van der Waals surface area contributed by atoms with Crippen molar-refractivity contribution in [3.05, 3.63) is 65.4 Å². The van der Waals surface area contributed by atoms with E-state index in [0.717, 1.165) is 44.8 Å². The molecule has 2 aromatic carbocycles. The molecule has 4 aromatic rings. The van der Waals surface area contributed by atoms with Gasteiger partial charge in [0.1, 0.15) is 10.8 Å². The molecule has 0 saturated heterocycles. The number of aromatic nitrogens is 3. The summed E-state index contributed by atoms with van der Waals surface area (Å²) in [5, 5.41) is 3.91. The Morgan fingerprint density at radius 1 is 1.11 bits per heavy atom. The quantitative estimate of drug-likeness (QED) is 0.399. The monoisotopic (exact) mass is 399 g/mol. The van der Waals surface area contributed by atoms with Crippen molar-refractivity contribution >= 4 is 34.1 Å². The molecule has 4 nitrogen and oxygen atoms in total. The topological polar surface area (TPSA) is 39.9 Å². The fraction of sp³-hybridized carbons (Fsp3) is 0.200. The molecule has 0 radical (unpaired) electrons. The van der Waals surface area contributed by atoms with Crippen LogP contribution in [-0.4, -0.2) is 28.3 Å². The van der Waals surface area contributed by atoms with Gasteiger partial charge in [0.2, 0.25) is 0 Å². The summed E-state index contributed by atoms with van der Waals surface area (Å²) in [5.74, 6) is 0.495. The fourth-order valence-electron chi connectivity index (χ4n) is 2.80. The van der Waals surface area contributed by atoms with Crippen LogP contribution >= 0.6 is 23.1 Å². The van der Waals surface area contributed by atoms with Gasteiger partial charge in [-0.1, -0.05) is 23.9 Å². The van der Waals surface area contributed by atoms with Crippen molar-refractivity contribution in [3.63, 3.8) is 0 Å². The Morgan fingerprint density at radius 3 is 2.74 bits per heavy atom. The number of ether oxygens (including phenoxy) is 1. The lowest BCUT2D eigenvalue weighted by Crippen LogP contribution is -2.05. The third-order valence-corrected chi connectivity index (χ3v) is 6.08. The SMILES string of the molecule is COCCn1c(SCc2csc(-c3ccc(F)cc3)n2)nc2ccccc21. The van der Waals surface area contributed by atoms with Crippen LogP contribution in [0.5, 0.6) is 0 Å². The van der Waals surface area contributed by atoms with Gasteiger partial charge in [-0.05, 0) is 36.4 Å². The zero-order chi connectivity index (χ0) is 18.6. The van der Waals surface area contributed by atoms with Crippen LogP contribution in [0.4, 0.5) is 4.39 Å². The standard InChI is InChI=1S/C20H18FN3OS2/c1-25-11-10-24-18-5-3-2-4-17(18)23-20(24)27-13-16-12-26-19(22-16)14-6-8-15(21)9-7-14/h2-9,12H,10-11,13H2,1H3. The first-order valence-corrected chi connectivity index (χ1v) is 10.4. The van der Waals surface area contributed by atoms with E-state index in [9.17, 15) is 4.39 Å². The first kappa shape index (κ1) is 18.2. The van der Waals surface area contributed by atoms with Crippen LogP contribution < -0.4 is 0 Å². The van der Waals surface area contributed by atoms with E-state index in [1.54, 1.807) is 42.3 Å². The molecular weight excluding hydrogens is 381 g/mol. The Bertz CT molecular complexity index is 1040. The highest BCUT2D eigenvalue weighted by Crippen LogP contribution is 2.29. The average Bonchev–Trinajstić information content (AvgIpc) is 3.30. The van der Waals surface area contributed by atoms with Crippen molar-refractivity contribution in [3.8, 4) is 10.6 Å². The molecule has 2 aromatic heterocycles. The minimum Gasteiger partial charge on any atom is -0.383 e. The highest BCUT2D eigenvalue weighted by Gasteiger charge is 2.12. The van der Waals surface area contributed by atoms with E-state index in [-0.39, 0.29) is 5.82 Å². The second kappa shape index (κ2) is 8.21. The van der Waals surface area contributed by atoms with E-state index in [2.05, 4.69) is 15.6 Å². The molecule has 27 heavy (non-hydrogen) atoms. The van der Waals surface area contributed by atoms with Crippen LogP contribution in [0.2, 0.25) is 0 Å². The van der Waals surface area contributed by atoms with Crippen molar-refractivity contribution < 1.29 is 9.13 Å². The minimum atomic E-state index is -0.235. The van der Waals surface area contributed by atoms with E-state index in [1.807, 2.05) is 23.6 Å². The first-order chi connectivity index (χ1) is 13.2. The zero-order valence-corrected chi connectivity index (χ0v) is 16.4. The molecule has 0 amide bonds. The minimum absolute atomic E-state index is 0.235. The van der Waals surface area contributed by atoms with Gasteiger partial charge in [-0.15, -0.1) is 11.3 Å². The number of nitrogens with zero attached hydrogens (tertiary/aromatic N) is 3. The molecule has 0 aliphatic rings. The Balaban J connectivity index is 1.52. The number of hydrogen-bond acceptors (Lipinski definition) is 5. The van der Waals surface area contributed by atoms with Crippen molar-refractivity contribution in [1.82, 2.24) is 14.5 Å². The maximum absolute atomic E-state index is 13.1. The number of hydrogen-bond donors (Lipinski definition) is 0. The van der Waals surface area contributed by atoms with Crippen molar-refractivity contribution in [2.24, 2.45) is 0 Å². The largest absolute Gasteiger partial charge is 0.383 e. The Labute approximate surface area is 165 Å². The summed E-state index contributed by atoms with van der Waals surface area (Å²) in [4.78, 5) is 9.44. The summed E-state index contributed by atoms with van der Waals surface area (Å²) in [6, 6.07) is 14.6. The van der Waals surface area contributed by atoms with Gasteiger partial charge < -0.3 is 9.30 Å². The second-order valence-electron chi connectivity index (χ2n) is 5.97. The molecule has 4 rings (SSSR count). The summed E-state index contributed by atoms with van der Waals surface area (Å²) in [6.45, 7) is 1.40. The number of imidazole rings is 1. The van der Waals surface area contributed by atoms with Gasteiger partial charge in [0.25, 0.3) is 0 Å². The molecule has 0 bridgehead atoms. The maximum atomic E-state index is 13.1. The Hall–Kier alpha value is -2.22. The lowest BCUT2D eigenvalue weighted by atomic mass is 10.2. The maximum Gasteiger partial charge on any atom is 0.169 e. The number of thioether (sulfide) groups is 1. The van der Waals surface area contributed by atoms with Crippen LogP contribution in [0, 0.1) is 5.82 Å². The molecular formula is C20H18FN3OS2. The van der Waals surface area contributed by atoms with Crippen molar-refractivity contribution in [2.75, 3.05) is 13.7 Å². The van der Waals surface area contributed by atoms with Crippen LogP contribution in [0.1, 0.15) is 5.69 Å². The van der Waals surface area contributed by atoms with Gasteiger partial charge in [-0.2, -0.15) is 0 Å². The van der Waals surface area contributed by atoms with Crippen molar-refractivity contribution in [2.45, 2.75) is 17.5 Å². The fourth-order valence-corrected chi connectivity index (χ4v) is 4.66. The number of thiazole rings is 1. The van der Waals surface area contributed by atoms with Crippen LogP contribution in [0.3, 0.4) is 0 Å². The summed E-state index contributed by atoms with van der Waals surface area (Å²) in [6.07, 6.45) is 0. The van der Waals surface area contributed by atoms with Crippen LogP contribution in [0.15, 0.2) is 59.1 Å². The molecule has 7 heteroatoms. The molecule has 0 fully saturated rings. The molecule has 0 spiro atoms. The second-order valence-corrected chi connectivity index (χ2v) is 7.77. The smallest absolute Gasteiger partial charge is 0.169 e. The highest BCUT2D eigenvalue weighted by atomic mass is 32.2. The molecule has 0 unspecified atom stereocenters. The predicted octanol–water partition coefficient (Wildman–Crippen LogP) is 5.24. The van der Waals surface area contributed by atoms with E-state index in [0.29, 0.717) is 6.61 Å². The van der Waals surface area contributed by atoms with Gasteiger partial charge in [0.15, 0.2) is 5.16 Å². The van der Waals surface area contributed by atoms with E-state index < -0.39 is 0 Å². The normalized spacial score (nSPS) is 11.3. The van der Waals surface area contributed by atoms with Crippen molar-refractivity contribution in [1.29, 1.82) is 0 Å². The summed E-state index contributed by atoms with van der Waals surface area (Å²) >= 11 is 3.24. The Kier molecular flexibility index (Phi) is 5.52. The third-order valence-electron chi connectivity index (χ3n) is 4.13.